The van der Waals surface area contributed by atoms with E-state index in [4.69, 9.17) is 14.5 Å². The van der Waals surface area contributed by atoms with Gasteiger partial charge in [-0.3, -0.25) is 4.79 Å². The van der Waals surface area contributed by atoms with Crippen molar-refractivity contribution < 1.29 is 14.3 Å². The SMILES string of the molecule is CCCC[C@](C)(CNC(C)=O)Nc1nc(NCc2ccc(OC)cc2OC)nc2ncccc12. The molecule has 0 aliphatic heterocycles. The first-order chi connectivity index (χ1) is 16.4. The van der Waals surface area contributed by atoms with Gasteiger partial charge in [0.1, 0.15) is 17.3 Å². The van der Waals surface area contributed by atoms with Crippen LogP contribution < -0.4 is 25.4 Å². The van der Waals surface area contributed by atoms with Gasteiger partial charge >= 0.3 is 0 Å². The number of carbonyl (C=O) groups is 1. The number of fused-ring (bicyclic) bond motifs is 1. The van der Waals surface area contributed by atoms with Crippen LogP contribution in [-0.4, -0.2) is 47.2 Å². The molecule has 0 fully saturated rings. The number of anilines is 2. The van der Waals surface area contributed by atoms with Gasteiger partial charge in [0, 0.05) is 37.8 Å². The minimum atomic E-state index is -0.380. The Balaban J connectivity index is 1.89. The number of pyridine rings is 1. The Morgan fingerprint density at radius 3 is 2.68 bits per heavy atom. The molecule has 34 heavy (non-hydrogen) atoms. The Morgan fingerprint density at radius 2 is 1.97 bits per heavy atom. The third kappa shape index (κ3) is 6.46. The van der Waals surface area contributed by atoms with E-state index in [0.29, 0.717) is 36.3 Å². The van der Waals surface area contributed by atoms with E-state index in [1.807, 2.05) is 30.3 Å². The standard InChI is InChI=1S/C25H34N6O3/c1-6-7-12-25(3,16-28-17(2)32)31-23-20-9-8-13-26-22(20)29-24(30-23)27-15-18-10-11-19(33-4)14-21(18)34-5/h8-11,13-14H,6-7,12,15-16H2,1-5H3,(H,28,32)(H2,26,27,29,30,31)/t25-/m1/s1. The van der Waals surface area contributed by atoms with Gasteiger partial charge in [-0.1, -0.05) is 19.8 Å². The molecule has 2 heterocycles. The first-order valence-corrected chi connectivity index (χ1v) is 11.5. The fraction of sp³-hybridized carbons (Fsp3) is 0.440. The van der Waals surface area contributed by atoms with Crippen LogP contribution in [0.15, 0.2) is 36.5 Å². The van der Waals surface area contributed by atoms with Crippen LogP contribution in [0.3, 0.4) is 0 Å². The van der Waals surface area contributed by atoms with Crippen LogP contribution in [0, 0.1) is 0 Å². The summed E-state index contributed by atoms with van der Waals surface area (Å²) in [6.45, 7) is 6.72. The lowest BCUT2D eigenvalue weighted by Crippen LogP contribution is -2.46. The molecule has 0 aliphatic rings. The van der Waals surface area contributed by atoms with Gasteiger partial charge in [0.2, 0.25) is 11.9 Å². The minimum absolute atomic E-state index is 0.0606. The zero-order valence-corrected chi connectivity index (χ0v) is 20.6. The highest BCUT2D eigenvalue weighted by atomic mass is 16.5. The Morgan fingerprint density at radius 1 is 1.15 bits per heavy atom. The fourth-order valence-corrected chi connectivity index (χ4v) is 3.68. The Bertz CT molecular complexity index is 1120. The summed E-state index contributed by atoms with van der Waals surface area (Å²) in [5, 5.41) is 10.6. The number of unbranched alkanes of at least 4 members (excludes halogenated alkanes) is 1. The molecule has 1 atom stereocenters. The van der Waals surface area contributed by atoms with Crippen molar-refractivity contribution in [3.8, 4) is 11.5 Å². The van der Waals surface area contributed by atoms with E-state index >= 15 is 0 Å². The number of hydrogen-bond donors (Lipinski definition) is 3. The van der Waals surface area contributed by atoms with Crippen molar-refractivity contribution >= 4 is 28.7 Å². The van der Waals surface area contributed by atoms with Crippen LogP contribution in [-0.2, 0) is 11.3 Å². The lowest BCUT2D eigenvalue weighted by molar-refractivity contribution is -0.119. The number of nitrogens with zero attached hydrogens (tertiary/aromatic N) is 3. The highest BCUT2D eigenvalue weighted by molar-refractivity contribution is 5.87. The summed E-state index contributed by atoms with van der Waals surface area (Å²) >= 11 is 0. The topological polar surface area (TPSA) is 110 Å². The Labute approximate surface area is 200 Å². The summed E-state index contributed by atoms with van der Waals surface area (Å²) in [7, 11) is 3.25. The van der Waals surface area contributed by atoms with E-state index in [9.17, 15) is 4.79 Å². The second-order valence-electron chi connectivity index (χ2n) is 8.50. The number of carbonyl (C=O) groups excluding carboxylic acids is 1. The smallest absolute Gasteiger partial charge is 0.227 e. The van der Waals surface area contributed by atoms with Crippen LogP contribution in [0.25, 0.3) is 11.0 Å². The zero-order chi connectivity index (χ0) is 24.6. The maximum absolute atomic E-state index is 11.6. The van der Waals surface area contributed by atoms with Crippen LogP contribution in [0.4, 0.5) is 11.8 Å². The van der Waals surface area contributed by atoms with E-state index in [2.05, 4.69) is 39.8 Å². The van der Waals surface area contributed by atoms with Crippen LogP contribution in [0.2, 0.25) is 0 Å². The van der Waals surface area contributed by atoms with Gasteiger partial charge in [-0.15, -0.1) is 0 Å². The molecule has 3 rings (SSSR count). The van der Waals surface area contributed by atoms with Crippen molar-refractivity contribution in [3.05, 3.63) is 42.1 Å². The average Bonchev–Trinajstić information content (AvgIpc) is 2.85. The van der Waals surface area contributed by atoms with Crippen molar-refractivity contribution in [2.45, 2.75) is 52.1 Å². The number of methoxy groups -OCH3 is 2. The minimum Gasteiger partial charge on any atom is -0.497 e. The highest BCUT2D eigenvalue weighted by Gasteiger charge is 2.26. The van der Waals surface area contributed by atoms with Gasteiger partial charge in [-0.05, 0) is 37.6 Å². The van der Waals surface area contributed by atoms with Crippen LogP contribution in [0.5, 0.6) is 11.5 Å². The molecule has 0 unspecified atom stereocenters. The summed E-state index contributed by atoms with van der Waals surface area (Å²) in [6, 6.07) is 9.48. The summed E-state index contributed by atoms with van der Waals surface area (Å²) in [4.78, 5) is 25.4. The second kappa shape index (κ2) is 11.5. The molecular formula is C25H34N6O3. The van der Waals surface area contributed by atoms with Crippen molar-refractivity contribution in [3.63, 3.8) is 0 Å². The quantitative estimate of drug-likeness (QED) is 0.365. The highest BCUT2D eigenvalue weighted by Crippen LogP contribution is 2.28. The second-order valence-corrected chi connectivity index (χ2v) is 8.50. The Kier molecular flexibility index (Phi) is 8.45. The number of amides is 1. The largest absolute Gasteiger partial charge is 0.497 e. The molecular weight excluding hydrogens is 432 g/mol. The molecule has 1 aromatic carbocycles. The number of rotatable bonds is 12. The molecule has 2 aromatic heterocycles. The summed E-state index contributed by atoms with van der Waals surface area (Å²) in [5.41, 5.74) is 1.15. The number of aromatic nitrogens is 3. The molecule has 0 spiro atoms. The molecule has 0 bridgehead atoms. The molecule has 9 heteroatoms. The third-order valence-corrected chi connectivity index (χ3v) is 5.63. The molecule has 1 amide bonds. The predicted molar refractivity (Wildman–Crippen MR) is 134 cm³/mol. The first kappa shape index (κ1) is 25.0. The normalized spacial score (nSPS) is 12.6. The molecule has 3 N–H and O–H groups in total. The summed E-state index contributed by atoms with van der Waals surface area (Å²) in [5.74, 6) is 2.50. The van der Waals surface area contributed by atoms with E-state index in [-0.39, 0.29) is 11.4 Å². The first-order valence-electron chi connectivity index (χ1n) is 11.5. The summed E-state index contributed by atoms with van der Waals surface area (Å²) < 4.78 is 10.8. The maximum atomic E-state index is 11.6. The number of ether oxygens (including phenoxy) is 2. The lowest BCUT2D eigenvalue weighted by atomic mass is 9.94. The fourth-order valence-electron chi connectivity index (χ4n) is 3.68. The monoisotopic (exact) mass is 466 g/mol. The molecule has 3 aromatic rings. The zero-order valence-electron chi connectivity index (χ0n) is 20.6. The average molecular weight is 467 g/mol. The number of nitrogens with one attached hydrogen (secondary N) is 3. The summed E-state index contributed by atoms with van der Waals surface area (Å²) in [6.07, 6.45) is 4.66. The van der Waals surface area contributed by atoms with Gasteiger partial charge in [0.15, 0.2) is 5.65 Å². The molecule has 0 saturated heterocycles. The van der Waals surface area contributed by atoms with E-state index in [0.717, 1.165) is 36.0 Å². The third-order valence-electron chi connectivity index (χ3n) is 5.63. The van der Waals surface area contributed by atoms with Gasteiger partial charge in [0.05, 0.1) is 25.1 Å². The van der Waals surface area contributed by atoms with Crippen molar-refractivity contribution in [2.24, 2.45) is 0 Å². The molecule has 0 radical (unpaired) electrons. The van der Waals surface area contributed by atoms with E-state index in [1.165, 1.54) is 6.92 Å². The van der Waals surface area contributed by atoms with Crippen molar-refractivity contribution in [2.75, 3.05) is 31.4 Å². The van der Waals surface area contributed by atoms with Crippen molar-refractivity contribution in [1.29, 1.82) is 0 Å². The van der Waals surface area contributed by atoms with Crippen molar-refractivity contribution in [1.82, 2.24) is 20.3 Å². The van der Waals surface area contributed by atoms with Gasteiger partial charge in [-0.25, -0.2) is 4.98 Å². The number of hydrogen-bond acceptors (Lipinski definition) is 8. The van der Waals surface area contributed by atoms with E-state index < -0.39 is 0 Å². The molecule has 182 valence electrons. The molecule has 0 saturated carbocycles. The Hall–Kier alpha value is -3.62. The maximum Gasteiger partial charge on any atom is 0.227 e. The van der Waals surface area contributed by atoms with Gasteiger partial charge < -0.3 is 25.4 Å². The predicted octanol–water partition coefficient (Wildman–Crippen LogP) is 4.15. The van der Waals surface area contributed by atoms with Gasteiger partial charge in [-0.2, -0.15) is 9.97 Å². The van der Waals surface area contributed by atoms with E-state index in [1.54, 1.807) is 20.4 Å². The van der Waals surface area contributed by atoms with Crippen LogP contribution in [0.1, 0.15) is 45.6 Å². The number of benzene rings is 1. The molecule has 0 aliphatic carbocycles. The van der Waals surface area contributed by atoms with Crippen LogP contribution >= 0.6 is 0 Å². The van der Waals surface area contributed by atoms with Gasteiger partial charge in [0.25, 0.3) is 0 Å². The lowest BCUT2D eigenvalue weighted by Gasteiger charge is -2.32. The molecule has 9 nitrogen and oxygen atoms in total.